The zero-order valence-corrected chi connectivity index (χ0v) is 9.93. The van der Waals surface area contributed by atoms with Crippen molar-refractivity contribution < 1.29 is 29.8 Å². The van der Waals surface area contributed by atoms with Gasteiger partial charge >= 0.3 is 5.97 Å². The van der Waals surface area contributed by atoms with Gasteiger partial charge in [0.15, 0.2) is 0 Å². The van der Waals surface area contributed by atoms with E-state index in [9.17, 15) is 4.79 Å². The van der Waals surface area contributed by atoms with Gasteiger partial charge in [0.1, 0.15) is 5.60 Å². The molecule has 16 heavy (non-hydrogen) atoms. The van der Waals surface area contributed by atoms with Crippen LogP contribution < -0.4 is 0 Å². The number of carbonyl (C=O) groups is 1. The molecule has 2 N–H and O–H groups in total. The van der Waals surface area contributed by atoms with Crippen molar-refractivity contribution >= 4 is 5.97 Å². The molecule has 0 heterocycles. The average Bonchev–Trinajstić information content (AvgIpc) is 2.12. The van der Waals surface area contributed by atoms with E-state index in [2.05, 4.69) is 9.93 Å². The van der Waals surface area contributed by atoms with Crippen molar-refractivity contribution in [2.75, 3.05) is 6.61 Å². The number of carbonyl (C=O) groups excluding carboxylic acids is 1. The fourth-order valence-corrected chi connectivity index (χ4v) is 1.16. The molecular weight excluding hydrogens is 216 g/mol. The zero-order chi connectivity index (χ0) is 12.6. The minimum absolute atomic E-state index is 0.0662. The molecule has 0 spiro atoms. The third-order valence-corrected chi connectivity index (χ3v) is 1.71. The Labute approximate surface area is 95.0 Å². The second kappa shape index (κ2) is 7.56. The third-order valence-electron chi connectivity index (χ3n) is 1.71. The second-order valence-electron chi connectivity index (χ2n) is 4.25. The Balaban J connectivity index is 3.67. The van der Waals surface area contributed by atoms with Crippen LogP contribution in [0.2, 0.25) is 0 Å². The number of hydrogen-bond donors (Lipinski definition) is 2. The molecule has 1 unspecified atom stereocenters. The van der Waals surface area contributed by atoms with Crippen molar-refractivity contribution in [1.82, 2.24) is 0 Å². The van der Waals surface area contributed by atoms with Crippen LogP contribution in [0, 0.1) is 0 Å². The van der Waals surface area contributed by atoms with Gasteiger partial charge in [0.05, 0.1) is 12.5 Å². The van der Waals surface area contributed by atoms with Gasteiger partial charge in [-0.2, -0.15) is 4.89 Å². The Morgan fingerprint density at radius 2 is 2.06 bits per heavy atom. The average molecular weight is 236 g/mol. The van der Waals surface area contributed by atoms with E-state index >= 15 is 0 Å². The van der Waals surface area contributed by atoms with E-state index in [1.807, 2.05) is 0 Å². The van der Waals surface area contributed by atoms with Gasteiger partial charge in [0.2, 0.25) is 0 Å². The Morgan fingerprint density at radius 3 is 2.56 bits per heavy atom. The summed E-state index contributed by atoms with van der Waals surface area (Å²) >= 11 is 0. The highest BCUT2D eigenvalue weighted by Crippen LogP contribution is 2.17. The summed E-state index contributed by atoms with van der Waals surface area (Å²) in [6, 6.07) is 0. The smallest absolute Gasteiger partial charge is 0.345 e. The first-order valence-corrected chi connectivity index (χ1v) is 5.21. The van der Waals surface area contributed by atoms with Crippen LogP contribution in [-0.2, 0) is 19.6 Å². The molecule has 0 aliphatic heterocycles. The lowest BCUT2D eigenvalue weighted by Crippen LogP contribution is -2.29. The van der Waals surface area contributed by atoms with Gasteiger partial charge < -0.3 is 10.2 Å². The Hall–Kier alpha value is -0.690. The lowest BCUT2D eigenvalue weighted by Gasteiger charge is -2.23. The summed E-state index contributed by atoms with van der Waals surface area (Å²) in [4.78, 5) is 20.1. The SMILES string of the molecule is CC(O)CC(C)(C)OOOC(=O)CCCO. The molecule has 6 nitrogen and oxygen atoms in total. The molecule has 0 saturated heterocycles. The first-order valence-electron chi connectivity index (χ1n) is 5.21. The van der Waals surface area contributed by atoms with E-state index in [0.29, 0.717) is 12.8 Å². The van der Waals surface area contributed by atoms with Crippen LogP contribution >= 0.6 is 0 Å². The van der Waals surface area contributed by atoms with E-state index in [-0.39, 0.29) is 13.0 Å². The van der Waals surface area contributed by atoms with Crippen molar-refractivity contribution in [2.24, 2.45) is 0 Å². The molecule has 0 aromatic rings. The third kappa shape index (κ3) is 8.60. The molecule has 6 heteroatoms. The van der Waals surface area contributed by atoms with E-state index in [0.717, 1.165) is 0 Å². The van der Waals surface area contributed by atoms with Crippen LogP contribution in [0.15, 0.2) is 0 Å². The topological polar surface area (TPSA) is 85.2 Å². The van der Waals surface area contributed by atoms with Crippen molar-refractivity contribution in [1.29, 1.82) is 0 Å². The molecule has 0 saturated carbocycles. The zero-order valence-electron chi connectivity index (χ0n) is 9.93. The molecule has 0 aromatic carbocycles. The number of aliphatic hydroxyl groups excluding tert-OH is 2. The van der Waals surface area contributed by atoms with Crippen LogP contribution in [0.4, 0.5) is 0 Å². The van der Waals surface area contributed by atoms with Crippen LogP contribution in [-0.4, -0.2) is 34.5 Å². The van der Waals surface area contributed by atoms with Crippen LogP contribution in [0.1, 0.15) is 40.0 Å². The Kier molecular flexibility index (Phi) is 7.24. The van der Waals surface area contributed by atoms with E-state index < -0.39 is 17.7 Å². The lowest BCUT2D eigenvalue weighted by molar-refractivity contribution is -0.518. The maximum atomic E-state index is 10.9. The van der Waals surface area contributed by atoms with Gasteiger partial charge in [-0.1, -0.05) is 0 Å². The molecule has 0 bridgehead atoms. The van der Waals surface area contributed by atoms with E-state index in [1.165, 1.54) is 0 Å². The molecule has 0 amide bonds. The quantitative estimate of drug-likeness (QED) is 0.477. The van der Waals surface area contributed by atoms with Crippen molar-refractivity contribution in [3.63, 3.8) is 0 Å². The maximum absolute atomic E-state index is 10.9. The highest BCUT2D eigenvalue weighted by atomic mass is 17.5. The van der Waals surface area contributed by atoms with Gasteiger partial charge in [-0.25, -0.2) is 4.79 Å². The Morgan fingerprint density at radius 1 is 1.44 bits per heavy atom. The summed E-state index contributed by atoms with van der Waals surface area (Å²) in [5.74, 6) is -0.609. The largest absolute Gasteiger partial charge is 0.396 e. The number of rotatable bonds is 8. The van der Waals surface area contributed by atoms with Crippen LogP contribution in [0.5, 0.6) is 0 Å². The first kappa shape index (κ1) is 15.3. The molecule has 0 aliphatic carbocycles. The highest BCUT2D eigenvalue weighted by molar-refractivity contribution is 5.68. The van der Waals surface area contributed by atoms with Gasteiger partial charge in [0.25, 0.3) is 0 Å². The molecule has 0 aromatic heterocycles. The summed E-state index contributed by atoms with van der Waals surface area (Å²) in [7, 11) is 0. The number of hydrogen-bond acceptors (Lipinski definition) is 6. The summed E-state index contributed by atoms with van der Waals surface area (Å²) in [5, 5.41) is 21.9. The van der Waals surface area contributed by atoms with Gasteiger partial charge in [0, 0.05) is 13.0 Å². The Bertz CT molecular complexity index is 201. The molecule has 0 rings (SSSR count). The maximum Gasteiger partial charge on any atom is 0.345 e. The van der Waals surface area contributed by atoms with E-state index in [1.54, 1.807) is 20.8 Å². The van der Waals surface area contributed by atoms with E-state index in [4.69, 9.17) is 15.1 Å². The van der Waals surface area contributed by atoms with Crippen molar-refractivity contribution in [3.05, 3.63) is 0 Å². The van der Waals surface area contributed by atoms with Crippen molar-refractivity contribution in [3.8, 4) is 0 Å². The lowest BCUT2D eigenvalue weighted by atomic mass is 10.0. The summed E-state index contributed by atoms with van der Waals surface area (Å²) in [6.45, 7) is 4.93. The minimum Gasteiger partial charge on any atom is -0.396 e. The summed E-state index contributed by atoms with van der Waals surface area (Å²) in [6.07, 6.45) is 0.195. The first-order chi connectivity index (χ1) is 7.37. The normalized spacial score (nSPS) is 13.6. The summed E-state index contributed by atoms with van der Waals surface area (Å²) < 4.78 is 0. The standard InChI is InChI=1S/C10H20O6/c1-8(12)7-10(2,3)15-16-14-9(13)5-4-6-11/h8,11-12H,4-7H2,1-3H3. The molecule has 1 atom stereocenters. The van der Waals surface area contributed by atoms with Crippen LogP contribution in [0.3, 0.4) is 0 Å². The molecule has 96 valence electrons. The predicted octanol–water partition coefficient (Wildman–Crippen LogP) is 0.715. The molecule has 0 aliphatic rings. The second-order valence-corrected chi connectivity index (χ2v) is 4.25. The molecular formula is C10H20O6. The summed E-state index contributed by atoms with van der Waals surface area (Å²) in [5.41, 5.74) is -0.745. The van der Waals surface area contributed by atoms with Gasteiger partial charge in [-0.15, -0.1) is 0 Å². The molecule has 0 fully saturated rings. The fourth-order valence-electron chi connectivity index (χ4n) is 1.16. The minimum atomic E-state index is -0.745. The highest BCUT2D eigenvalue weighted by Gasteiger charge is 2.23. The molecule has 0 radical (unpaired) electrons. The monoisotopic (exact) mass is 236 g/mol. The van der Waals surface area contributed by atoms with Crippen LogP contribution in [0.25, 0.3) is 0 Å². The number of aliphatic hydroxyl groups is 2. The van der Waals surface area contributed by atoms with Crippen molar-refractivity contribution in [2.45, 2.75) is 51.7 Å². The predicted molar refractivity (Wildman–Crippen MR) is 55.0 cm³/mol. The van der Waals surface area contributed by atoms with Gasteiger partial charge in [-0.05, 0) is 32.2 Å². The fraction of sp³-hybridized carbons (Fsp3) is 0.900. The van der Waals surface area contributed by atoms with Gasteiger partial charge in [-0.3, -0.25) is 4.89 Å².